The normalized spacial score (nSPS) is 11.7. The lowest BCUT2D eigenvalue weighted by atomic mass is 9.98. The molecule has 41 heavy (non-hydrogen) atoms. The van der Waals surface area contributed by atoms with Gasteiger partial charge in [-0.2, -0.15) is 10.2 Å². The number of H-pyrrole nitrogens is 1. The van der Waals surface area contributed by atoms with Gasteiger partial charge in [-0.3, -0.25) is 4.57 Å². The Bertz CT molecular complexity index is 1650. The standard InChI is InChI=1S/C29H28N6O6/c1-4-38-28-30-24-12-8-11-23(27(36)40-18(3)41-29(37)39-5-2)25(24)35(28)17-19-13-15-20(16-14-19)21-9-6-7-10-22(21)26-31-33-34-32-26/h6-16,18H,4-5,17H2,1-3H3,(H,31,32,33,34). The second-order valence-electron chi connectivity index (χ2n) is 8.84. The molecule has 0 aliphatic rings. The molecular formula is C29H28N6O6. The second kappa shape index (κ2) is 12.3. The molecular weight excluding hydrogens is 528 g/mol. The predicted molar refractivity (Wildman–Crippen MR) is 148 cm³/mol. The van der Waals surface area contributed by atoms with Gasteiger partial charge in [0.05, 0.1) is 36.4 Å². The largest absolute Gasteiger partial charge is 0.511 e. The number of carbonyl (C=O) groups is 2. The minimum Gasteiger partial charge on any atom is -0.465 e. The van der Waals surface area contributed by atoms with Crippen molar-refractivity contribution in [3.8, 4) is 28.5 Å². The zero-order valence-electron chi connectivity index (χ0n) is 22.7. The Morgan fingerprint density at radius 3 is 2.41 bits per heavy atom. The first-order chi connectivity index (χ1) is 20.0. The van der Waals surface area contributed by atoms with E-state index in [1.54, 1.807) is 25.1 Å². The van der Waals surface area contributed by atoms with Crippen molar-refractivity contribution in [3.63, 3.8) is 0 Å². The number of ether oxygens (including phenoxy) is 4. The van der Waals surface area contributed by atoms with Gasteiger partial charge in [0.1, 0.15) is 0 Å². The zero-order valence-corrected chi connectivity index (χ0v) is 22.7. The molecule has 3 aromatic carbocycles. The van der Waals surface area contributed by atoms with Gasteiger partial charge in [-0.1, -0.05) is 54.6 Å². The minimum absolute atomic E-state index is 0.143. The van der Waals surface area contributed by atoms with Crippen LogP contribution >= 0.6 is 0 Å². The first kappa shape index (κ1) is 27.3. The van der Waals surface area contributed by atoms with Gasteiger partial charge in [-0.05, 0) is 47.9 Å². The molecule has 0 aliphatic carbocycles. The number of carbonyl (C=O) groups excluding carboxylic acids is 2. The van der Waals surface area contributed by atoms with E-state index in [2.05, 4.69) is 25.6 Å². The number of rotatable bonds is 10. The molecule has 0 amide bonds. The van der Waals surface area contributed by atoms with E-state index in [9.17, 15) is 9.59 Å². The first-order valence-electron chi connectivity index (χ1n) is 13.1. The summed E-state index contributed by atoms with van der Waals surface area (Å²) in [4.78, 5) is 29.4. The van der Waals surface area contributed by atoms with Crippen LogP contribution in [0.3, 0.4) is 0 Å². The summed E-state index contributed by atoms with van der Waals surface area (Å²) in [5.41, 5.74) is 5.11. The highest BCUT2D eigenvalue weighted by molar-refractivity contribution is 6.02. The third-order valence-electron chi connectivity index (χ3n) is 6.14. The molecule has 2 heterocycles. The van der Waals surface area contributed by atoms with Crippen LogP contribution in [0, 0.1) is 0 Å². The molecule has 2 aromatic heterocycles. The predicted octanol–water partition coefficient (Wildman–Crippen LogP) is 5.01. The van der Waals surface area contributed by atoms with Crippen LogP contribution in [0.2, 0.25) is 0 Å². The van der Waals surface area contributed by atoms with Gasteiger partial charge in [-0.15, -0.1) is 10.2 Å². The Hall–Kier alpha value is -5.26. The smallest absolute Gasteiger partial charge is 0.465 e. The van der Waals surface area contributed by atoms with E-state index < -0.39 is 18.4 Å². The van der Waals surface area contributed by atoms with Crippen molar-refractivity contribution in [3.05, 3.63) is 77.9 Å². The molecule has 1 atom stereocenters. The van der Waals surface area contributed by atoms with E-state index in [0.717, 1.165) is 22.3 Å². The number of fused-ring (bicyclic) bond motifs is 1. The number of tetrazole rings is 1. The highest BCUT2D eigenvalue weighted by atomic mass is 16.8. The van der Waals surface area contributed by atoms with Crippen LogP contribution in [0.25, 0.3) is 33.5 Å². The molecule has 12 nitrogen and oxygen atoms in total. The molecule has 5 rings (SSSR count). The highest BCUT2D eigenvalue weighted by Crippen LogP contribution is 2.31. The van der Waals surface area contributed by atoms with Crippen LogP contribution in [0.1, 0.15) is 36.7 Å². The average Bonchev–Trinajstić information content (AvgIpc) is 3.62. The van der Waals surface area contributed by atoms with Gasteiger partial charge in [0.2, 0.25) is 12.1 Å². The Kier molecular flexibility index (Phi) is 8.18. The van der Waals surface area contributed by atoms with Crippen LogP contribution < -0.4 is 4.74 Å². The van der Waals surface area contributed by atoms with E-state index in [1.807, 2.05) is 60.0 Å². The monoisotopic (exact) mass is 556 g/mol. The molecule has 5 aromatic rings. The Morgan fingerprint density at radius 2 is 1.71 bits per heavy atom. The SMILES string of the molecule is CCOC(=O)OC(C)OC(=O)c1cccc2nc(OCC)n(Cc3ccc(-c4ccccc4-c4nn[nH]n4)cc3)c12. The summed E-state index contributed by atoms with van der Waals surface area (Å²) in [6.45, 7) is 5.86. The molecule has 0 aliphatic heterocycles. The average molecular weight is 557 g/mol. The number of aromatic amines is 1. The molecule has 1 N–H and O–H groups in total. The second-order valence-corrected chi connectivity index (χ2v) is 8.84. The molecule has 0 saturated carbocycles. The third kappa shape index (κ3) is 6.01. The van der Waals surface area contributed by atoms with E-state index >= 15 is 0 Å². The van der Waals surface area contributed by atoms with Gasteiger partial charge in [0, 0.05) is 12.5 Å². The number of imidazole rings is 1. The number of nitrogens with zero attached hydrogens (tertiary/aromatic N) is 5. The summed E-state index contributed by atoms with van der Waals surface area (Å²) in [5, 5.41) is 14.4. The maximum absolute atomic E-state index is 13.2. The number of aromatic nitrogens is 6. The van der Waals surface area contributed by atoms with Gasteiger partial charge >= 0.3 is 12.1 Å². The van der Waals surface area contributed by atoms with E-state index in [1.165, 1.54) is 6.92 Å². The van der Waals surface area contributed by atoms with Crippen molar-refractivity contribution in [2.24, 2.45) is 0 Å². The fraction of sp³-hybridized carbons (Fsp3) is 0.241. The molecule has 0 fully saturated rings. The fourth-order valence-corrected chi connectivity index (χ4v) is 4.42. The van der Waals surface area contributed by atoms with E-state index in [0.29, 0.717) is 36.0 Å². The summed E-state index contributed by atoms with van der Waals surface area (Å²) in [6, 6.07) is 21.3. The van der Waals surface area contributed by atoms with Crippen LogP contribution in [0.15, 0.2) is 66.7 Å². The Labute approximate surface area is 235 Å². The fourth-order valence-electron chi connectivity index (χ4n) is 4.42. The number of hydrogen-bond donors (Lipinski definition) is 1. The zero-order chi connectivity index (χ0) is 28.8. The lowest BCUT2D eigenvalue weighted by molar-refractivity contribution is -0.0810. The molecule has 0 saturated heterocycles. The highest BCUT2D eigenvalue weighted by Gasteiger charge is 2.23. The number of nitrogens with one attached hydrogen (secondary N) is 1. The van der Waals surface area contributed by atoms with Crippen LogP contribution in [0.5, 0.6) is 6.01 Å². The van der Waals surface area contributed by atoms with Crippen molar-refractivity contribution in [2.75, 3.05) is 13.2 Å². The van der Waals surface area contributed by atoms with Crippen molar-refractivity contribution in [1.82, 2.24) is 30.2 Å². The van der Waals surface area contributed by atoms with Crippen LogP contribution in [-0.4, -0.2) is 61.8 Å². The number of para-hydroxylation sites is 1. The van der Waals surface area contributed by atoms with Gasteiger partial charge in [-0.25, -0.2) is 9.59 Å². The van der Waals surface area contributed by atoms with E-state index in [-0.39, 0.29) is 12.2 Å². The summed E-state index contributed by atoms with van der Waals surface area (Å²) < 4.78 is 22.8. The Morgan fingerprint density at radius 1 is 0.927 bits per heavy atom. The van der Waals surface area contributed by atoms with Crippen molar-refractivity contribution >= 4 is 23.2 Å². The lowest BCUT2D eigenvalue weighted by Crippen LogP contribution is -2.22. The number of esters is 1. The maximum atomic E-state index is 13.2. The first-order valence-corrected chi connectivity index (χ1v) is 13.1. The molecule has 1 unspecified atom stereocenters. The maximum Gasteiger partial charge on any atom is 0.511 e. The number of hydrogen-bond acceptors (Lipinski definition) is 10. The molecule has 210 valence electrons. The quantitative estimate of drug-likeness (QED) is 0.184. The minimum atomic E-state index is -1.15. The third-order valence-corrected chi connectivity index (χ3v) is 6.14. The van der Waals surface area contributed by atoms with Gasteiger partial charge in [0.25, 0.3) is 6.01 Å². The number of benzene rings is 3. The van der Waals surface area contributed by atoms with Gasteiger partial charge < -0.3 is 18.9 Å². The molecule has 0 bridgehead atoms. The van der Waals surface area contributed by atoms with Crippen molar-refractivity contribution in [2.45, 2.75) is 33.6 Å². The van der Waals surface area contributed by atoms with Crippen LogP contribution in [-0.2, 0) is 20.8 Å². The molecule has 0 radical (unpaired) electrons. The summed E-state index contributed by atoms with van der Waals surface area (Å²) in [5.74, 6) is -0.165. The summed E-state index contributed by atoms with van der Waals surface area (Å²) in [6.07, 6.45) is -2.07. The summed E-state index contributed by atoms with van der Waals surface area (Å²) in [7, 11) is 0. The molecule has 12 heteroatoms. The topological polar surface area (TPSA) is 143 Å². The summed E-state index contributed by atoms with van der Waals surface area (Å²) >= 11 is 0. The van der Waals surface area contributed by atoms with Crippen molar-refractivity contribution in [1.29, 1.82) is 0 Å². The Balaban J connectivity index is 1.45. The lowest BCUT2D eigenvalue weighted by Gasteiger charge is -2.15. The van der Waals surface area contributed by atoms with Gasteiger partial charge in [0.15, 0.2) is 0 Å². The van der Waals surface area contributed by atoms with Crippen LogP contribution in [0.4, 0.5) is 4.79 Å². The van der Waals surface area contributed by atoms with Crippen molar-refractivity contribution < 1.29 is 28.5 Å². The molecule has 0 spiro atoms. The van der Waals surface area contributed by atoms with E-state index in [4.69, 9.17) is 18.9 Å².